The number of halogens is 1. The number of hydrogen-bond donors (Lipinski definition) is 1. The highest BCUT2D eigenvalue weighted by atomic mass is 35.5. The number of hydrogen-bond acceptors (Lipinski definition) is 3. The van der Waals surface area contributed by atoms with E-state index in [9.17, 15) is 0 Å². The quantitative estimate of drug-likeness (QED) is 0.906. The van der Waals surface area contributed by atoms with Crippen molar-refractivity contribution in [1.29, 1.82) is 0 Å². The van der Waals surface area contributed by atoms with Crippen LogP contribution in [-0.2, 0) is 6.54 Å². The van der Waals surface area contributed by atoms with Crippen molar-refractivity contribution in [3.05, 3.63) is 58.7 Å². The van der Waals surface area contributed by atoms with Crippen LogP contribution in [0.15, 0.2) is 42.6 Å². The number of rotatable bonds is 5. The van der Waals surface area contributed by atoms with Gasteiger partial charge in [-0.1, -0.05) is 29.8 Å². The predicted octanol–water partition coefficient (Wildman–Crippen LogP) is 3.59. The smallest absolute Gasteiger partial charge is 0.217 e. The highest BCUT2D eigenvalue weighted by molar-refractivity contribution is 6.30. The molecule has 1 N–H and O–H groups in total. The fraction of sp³-hybridized carbons (Fsp3) is 0.267. The third-order valence-electron chi connectivity index (χ3n) is 2.99. The van der Waals surface area contributed by atoms with Gasteiger partial charge in [0.1, 0.15) is 0 Å². The molecule has 0 aliphatic heterocycles. The highest BCUT2D eigenvalue weighted by Crippen LogP contribution is 2.19. The van der Waals surface area contributed by atoms with Crippen LogP contribution in [-0.4, -0.2) is 12.1 Å². The van der Waals surface area contributed by atoms with Crippen LogP contribution in [0.4, 0.5) is 0 Å². The average molecular weight is 277 g/mol. The fourth-order valence-corrected chi connectivity index (χ4v) is 2.10. The van der Waals surface area contributed by atoms with Gasteiger partial charge in [-0.05, 0) is 30.7 Å². The van der Waals surface area contributed by atoms with Gasteiger partial charge in [-0.15, -0.1) is 0 Å². The maximum absolute atomic E-state index is 6.00. The molecule has 0 saturated heterocycles. The van der Waals surface area contributed by atoms with Gasteiger partial charge in [-0.2, -0.15) is 0 Å². The Hall–Kier alpha value is -1.58. The molecule has 100 valence electrons. The Labute approximate surface area is 118 Å². The van der Waals surface area contributed by atoms with Gasteiger partial charge < -0.3 is 10.1 Å². The number of benzene rings is 1. The largest absolute Gasteiger partial charge is 0.481 e. The Balaban J connectivity index is 2.02. The SMILES string of the molecule is COc1ncccc1CN[C@@H](C)c1cccc(Cl)c1. The molecule has 19 heavy (non-hydrogen) atoms. The van der Waals surface area contributed by atoms with Crippen LogP contribution in [0.2, 0.25) is 5.02 Å². The summed E-state index contributed by atoms with van der Waals surface area (Å²) in [5, 5.41) is 4.19. The minimum absolute atomic E-state index is 0.212. The number of methoxy groups -OCH3 is 1. The summed E-state index contributed by atoms with van der Waals surface area (Å²) in [5.74, 6) is 0.660. The van der Waals surface area contributed by atoms with Gasteiger partial charge in [0.2, 0.25) is 5.88 Å². The molecule has 0 fully saturated rings. The number of aromatic nitrogens is 1. The van der Waals surface area contributed by atoms with E-state index in [0.29, 0.717) is 12.4 Å². The Morgan fingerprint density at radius 1 is 1.32 bits per heavy atom. The molecule has 0 aliphatic rings. The summed E-state index contributed by atoms with van der Waals surface area (Å²) in [7, 11) is 1.63. The van der Waals surface area contributed by atoms with E-state index in [0.717, 1.165) is 16.1 Å². The van der Waals surface area contributed by atoms with E-state index in [1.807, 2.05) is 30.3 Å². The van der Waals surface area contributed by atoms with E-state index in [1.54, 1.807) is 13.3 Å². The second-order valence-electron chi connectivity index (χ2n) is 4.33. The molecule has 1 aromatic carbocycles. The monoisotopic (exact) mass is 276 g/mol. The number of pyridine rings is 1. The normalized spacial score (nSPS) is 12.2. The van der Waals surface area contributed by atoms with E-state index < -0.39 is 0 Å². The molecule has 0 aliphatic carbocycles. The molecule has 0 bridgehead atoms. The summed E-state index contributed by atoms with van der Waals surface area (Å²) in [6, 6.07) is 12.0. The summed E-state index contributed by atoms with van der Waals surface area (Å²) in [5.41, 5.74) is 2.20. The minimum Gasteiger partial charge on any atom is -0.481 e. The van der Waals surface area contributed by atoms with E-state index in [1.165, 1.54) is 0 Å². The summed E-state index contributed by atoms with van der Waals surface area (Å²) < 4.78 is 5.23. The standard InChI is InChI=1S/C15H17ClN2O/c1-11(12-5-3-7-14(16)9-12)18-10-13-6-4-8-17-15(13)19-2/h3-9,11,18H,10H2,1-2H3/t11-/m0/s1. The van der Waals surface area contributed by atoms with Crippen LogP contribution < -0.4 is 10.1 Å². The maximum Gasteiger partial charge on any atom is 0.217 e. The average Bonchev–Trinajstić information content (AvgIpc) is 2.45. The first kappa shape index (κ1) is 13.8. The van der Waals surface area contributed by atoms with Crippen molar-refractivity contribution in [2.45, 2.75) is 19.5 Å². The van der Waals surface area contributed by atoms with Crippen molar-refractivity contribution >= 4 is 11.6 Å². The van der Waals surface area contributed by atoms with Crippen LogP contribution in [0.5, 0.6) is 5.88 Å². The van der Waals surface area contributed by atoms with Crippen LogP contribution in [0, 0.1) is 0 Å². The van der Waals surface area contributed by atoms with E-state index in [4.69, 9.17) is 16.3 Å². The Morgan fingerprint density at radius 2 is 2.16 bits per heavy atom. The van der Waals surface area contributed by atoms with Crippen LogP contribution >= 0.6 is 11.6 Å². The summed E-state index contributed by atoms with van der Waals surface area (Å²) in [6.07, 6.45) is 1.72. The van der Waals surface area contributed by atoms with Crippen molar-refractivity contribution in [2.24, 2.45) is 0 Å². The zero-order valence-corrected chi connectivity index (χ0v) is 11.8. The Morgan fingerprint density at radius 3 is 2.89 bits per heavy atom. The van der Waals surface area contributed by atoms with Gasteiger partial charge >= 0.3 is 0 Å². The van der Waals surface area contributed by atoms with Crippen molar-refractivity contribution in [3.63, 3.8) is 0 Å². The predicted molar refractivity (Wildman–Crippen MR) is 77.5 cm³/mol. The molecule has 0 saturated carbocycles. The van der Waals surface area contributed by atoms with Gasteiger partial charge in [-0.25, -0.2) is 4.98 Å². The molecule has 0 spiro atoms. The first-order valence-corrected chi connectivity index (χ1v) is 6.55. The van der Waals surface area contributed by atoms with Crippen molar-refractivity contribution in [1.82, 2.24) is 10.3 Å². The third kappa shape index (κ3) is 3.69. The molecule has 3 nitrogen and oxygen atoms in total. The topological polar surface area (TPSA) is 34.1 Å². The molecule has 2 rings (SSSR count). The van der Waals surface area contributed by atoms with Gasteiger partial charge in [0.05, 0.1) is 7.11 Å². The van der Waals surface area contributed by atoms with E-state index in [2.05, 4.69) is 23.3 Å². The van der Waals surface area contributed by atoms with Crippen LogP contribution in [0.1, 0.15) is 24.1 Å². The Bertz CT molecular complexity index is 545. The van der Waals surface area contributed by atoms with Crippen LogP contribution in [0.3, 0.4) is 0 Å². The van der Waals surface area contributed by atoms with Gasteiger partial charge in [-0.3, -0.25) is 0 Å². The van der Waals surface area contributed by atoms with Crippen molar-refractivity contribution in [2.75, 3.05) is 7.11 Å². The van der Waals surface area contributed by atoms with Gasteiger partial charge in [0.15, 0.2) is 0 Å². The fourth-order valence-electron chi connectivity index (χ4n) is 1.90. The lowest BCUT2D eigenvalue weighted by atomic mass is 10.1. The van der Waals surface area contributed by atoms with Gasteiger partial charge in [0.25, 0.3) is 0 Å². The molecule has 1 heterocycles. The molecule has 0 unspecified atom stereocenters. The summed E-state index contributed by atoms with van der Waals surface area (Å²) >= 11 is 6.00. The Kier molecular flexibility index (Phi) is 4.77. The number of ether oxygens (including phenoxy) is 1. The van der Waals surface area contributed by atoms with Crippen molar-refractivity contribution in [3.8, 4) is 5.88 Å². The first-order chi connectivity index (χ1) is 9.20. The molecular weight excluding hydrogens is 260 g/mol. The lowest BCUT2D eigenvalue weighted by Crippen LogP contribution is -2.18. The molecule has 0 radical (unpaired) electrons. The maximum atomic E-state index is 6.00. The second-order valence-corrected chi connectivity index (χ2v) is 4.77. The first-order valence-electron chi connectivity index (χ1n) is 6.17. The third-order valence-corrected chi connectivity index (χ3v) is 3.23. The lowest BCUT2D eigenvalue weighted by molar-refractivity contribution is 0.389. The summed E-state index contributed by atoms with van der Waals surface area (Å²) in [4.78, 5) is 4.18. The number of nitrogens with one attached hydrogen (secondary N) is 1. The van der Waals surface area contributed by atoms with E-state index >= 15 is 0 Å². The van der Waals surface area contributed by atoms with Crippen molar-refractivity contribution < 1.29 is 4.74 Å². The van der Waals surface area contributed by atoms with E-state index in [-0.39, 0.29) is 6.04 Å². The zero-order valence-electron chi connectivity index (χ0n) is 11.1. The molecule has 2 aromatic rings. The molecule has 1 aromatic heterocycles. The lowest BCUT2D eigenvalue weighted by Gasteiger charge is -2.15. The molecule has 0 amide bonds. The number of nitrogens with zero attached hydrogens (tertiary/aromatic N) is 1. The molecule has 1 atom stereocenters. The van der Waals surface area contributed by atoms with Crippen LogP contribution in [0.25, 0.3) is 0 Å². The zero-order chi connectivity index (χ0) is 13.7. The highest BCUT2D eigenvalue weighted by Gasteiger charge is 2.08. The molecular formula is C15H17ClN2O. The molecule has 4 heteroatoms. The minimum atomic E-state index is 0.212. The second kappa shape index (κ2) is 6.55. The van der Waals surface area contributed by atoms with Gasteiger partial charge in [0, 0.05) is 29.4 Å². The summed E-state index contributed by atoms with van der Waals surface area (Å²) in [6.45, 7) is 2.80.